The molecule has 1 N–H and O–H groups in total. The van der Waals surface area contributed by atoms with E-state index < -0.39 is 5.54 Å². The summed E-state index contributed by atoms with van der Waals surface area (Å²) in [5, 5.41) is 13.4. The van der Waals surface area contributed by atoms with Crippen LogP contribution < -0.4 is 5.32 Å². The number of anilines is 1. The van der Waals surface area contributed by atoms with Crippen molar-refractivity contribution in [1.29, 1.82) is 5.26 Å². The predicted molar refractivity (Wildman–Crippen MR) is 86.9 cm³/mol. The van der Waals surface area contributed by atoms with Crippen molar-refractivity contribution in [3.05, 3.63) is 63.1 Å². The van der Waals surface area contributed by atoms with E-state index in [-0.39, 0.29) is 0 Å². The van der Waals surface area contributed by atoms with Crippen LogP contribution >= 0.6 is 27.5 Å². The van der Waals surface area contributed by atoms with E-state index in [9.17, 15) is 5.26 Å². The van der Waals surface area contributed by atoms with E-state index in [0.29, 0.717) is 5.02 Å². The fourth-order valence-electron chi connectivity index (χ4n) is 1.91. The van der Waals surface area contributed by atoms with Gasteiger partial charge < -0.3 is 5.32 Å². The average molecular weight is 350 g/mol. The molecule has 20 heavy (non-hydrogen) atoms. The van der Waals surface area contributed by atoms with Crippen LogP contribution in [0.4, 0.5) is 5.69 Å². The lowest BCUT2D eigenvalue weighted by atomic mass is 9.92. The second-order valence-electron chi connectivity index (χ2n) is 4.86. The Labute approximate surface area is 132 Å². The van der Waals surface area contributed by atoms with E-state index >= 15 is 0 Å². The molecule has 2 aromatic carbocycles. The molecule has 0 amide bonds. The first-order chi connectivity index (χ1) is 9.44. The normalized spacial score (nSPS) is 13.3. The zero-order chi connectivity index (χ0) is 14.8. The number of nitrogens with one attached hydrogen (secondary N) is 1. The van der Waals surface area contributed by atoms with Crippen LogP contribution in [0.15, 0.2) is 46.9 Å². The lowest BCUT2D eigenvalue weighted by Crippen LogP contribution is -2.29. The van der Waals surface area contributed by atoms with Gasteiger partial charge in [-0.2, -0.15) is 5.26 Å². The number of hydrogen-bond donors (Lipinski definition) is 1. The van der Waals surface area contributed by atoms with Crippen molar-refractivity contribution in [2.45, 2.75) is 19.4 Å². The smallest absolute Gasteiger partial charge is 0.148 e. The molecule has 2 rings (SSSR count). The monoisotopic (exact) mass is 348 g/mol. The van der Waals surface area contributed by atoms with Crippen LogP contribution in [0, 0.1) is 18.3 Å². The third kappa shape index (κ3) is 3.15. The highest BCUT2D eigenvalue weighted by atomic mass is 79.9. The third-order valence-corrected chi connectivity index (χ3v) is 4.38. The third-order valence-electron chi connectivity index (χ3n) is 3.17. The van der Waals surface area contributed by atoms with Crippen LogP contribution in [0.2, 0.25) is 5.02 Å². The maximum Gasteiger partial charge on any atom is 0.148 e. The van der Waals surface area contributed by atoms with E-state index in [2.05, 4.69) is 27.3 Å². The zero-order valence-electron chi connectivity index (χ0n) is 11.2. The van der Waals surface area contributed by atoms with Crippen molar-refractivity contribution >= 4 is 33.2 Å². The summed E-state index contributed by atoms with van der Waals surface area (Å²) >= 11 is 9.37. The summed E-state index contributed by atoms with van der Waals surface area (Å²) in [7, 11) is 0. The zero-order valence-corrected chi connectivity index (χ0v) is 13.6. The van der Waals surface area contributed by atoms with Gasteiger partial charge in [-0.25, -0.2) is 0 Å². The number of nitriles is 1. The largest absolute Gasteiger partial charge is 0.364 e. The molecule has 0 radical (unpaired) electrons. The maximum atomic E-state index is 9.54. The second kappa shape index (κ2) is 5.87. The molecule has 1 unspecified atom stereocenters. The highest BCUT2D eigenvalue weighted by Gasteiger charge is 2.26. The van der Waals surface area contributed by atoms with Crippen LogP contribution in [-0.2, 0) is 5.54 Å². The van der Waals surface area contributed by atoms with Gasteiger partial charge in [0.15, 0.2) is 0 Å². The molecule has 2 nitrogen and oxygen atoms in total. The fourth-order valence-corrected chi connectivity index (χ4v) is 2.41. The van der Waals surface area contributed by atoms with Gasteiger partial charge in [-0.15, -0.1) is 0 Å². The molecular weight excluding hydrogens is 336 g/mol. The van der Waals surface area contributed by atoms with Crippen molar-refractivity contribution in [1.82, 2.24) is 0 Å². The molecule has 4 heteroatoms. The lowest BCUT2D eigenvalue weighted by Gasteiger charge is -2.25. The molecule has 2 aromatic rings. The van der Waals surface area contributed by atoms with Crippen molar-refractivity contribution in [3.8, 4) is 6.07 Å². The van der Waals surface area contributed by atoms with E-state index in [1.54, 1.807) is 6.07 Å². The Morgan fingerprint density at radius 1 is 1.20 bits per heavy atom. The van der Waals surface area contributed by atoms with Gasteiger partial charge in [0.1, 0.15) is 5.54 Å². The number of nitrogens with zero attached hydrogens (tertiary/aromatic N) is 1. The standard InChI is InChI=1S/C16H14BrClN2/c1-11-3-5-12(6-4-11)16(2,10-19)20-13-7-8-15(18)14(17)9-13/h3-9,20H,1-2H3. The first kappa shape index (κ1) is 14.9. The van der Waals surface area contributed by atoms with Crippen LogP contribution in [0.25, 0.3) is 0 Å². The minimum Gasteiger partial charge on any atom is -0.364 e. The fraction of sp³-hybridized carbons (Fsp3) is 0.188. The van der Waals surface area contributed by atoms with Gasteiger partial charge in [0.05, 0.1) is 11.1 Å². The summed E-state index contributed by atoms with van der Waals surface area (Å²) in [5.74, 6) is 0. The number of aryl methyl sites for hydroxylation is 1. The van der Waals surface area contributed by atoms with E-state index in [1.165, 1.54) is 5.56 Å². The van der Waals surface area contributed by atoms with Crippen molar-refractivity contribution in [2.75, 3.05) is 5.32 Å². The summed E-state index contributed by atoms with van der Waals surface area (Å²) in [5.41, 5.74) is 2.15. The van der Waals surface area contributed by atoms with Gasteiger partial charge in [0.2, 0.25) is 0 Å². The Kier molecular flexibility index (Phi) is 4.37. The first-order valence-corrected chi connectivity index (χ1v) is 7.33. The molecule has 0 aromatic heterocycles. The molecule has 0 aliphatic rings. The summed E-state index contributed by atoms with van der Waals surface area (Å²) in [6.45, 7) is 3.89. The van der Waals surface area contributed by atoms with Gasteiger partial charge in [-0.3, -0.25) is 0 Å². The van der Waals surface area contributed by atoms with Gasteiger partial charge in [0, 0.05) is 10.2 Å². The lowest BCUT2D eigenvalue weighted by molar-refractivity contribution is 0.706. The Morgan fingerprint density at radius 3 is 2.40 bits per heavy atom. The van der Waals surface area contributed by atoms with Crippen molar-refractivity contribution < 1.29 is 0 Å². The topological polar surface area (TPSA) is 35.8 Å². The van der Waals surface area contributed by atoms with Crippen molar-refractivity contribution in [2.24, 2.45) is 0 Å². The maximum absolute atomic E-state index is 9.54. The molecule has 0 spiro atoms. The second-order valence-corrected chi connectivity index (χ2v) is 6.12. The quantitative estimate of drug-likeness (QED) is 0.820. The highest BCUT2D eigenvalue weighted by molar-refractivity contribution is 9.10. The first-order valence-electron chi connectivity index (χ1n) is 6.16. The van der Waals surface area contributed by atoms with Gasteiger partial charge in [-0.05, 0) is 53.5 Å². The summed E-state index contributed by atoms with van der Waals surface area (Å²) < 4.78 is 0.799. The molecule has 102 valence electrons. The molecule has 0 bridgehead atoms. The molecular formula is C16H14BrClN2. The molecule has 0 aliphatic carbocycles. The summed E-state index contributed by atoms with van der Waals surface area (Å²) in [6, 6.07) is 15.8. The van der Waals surface area contributed by atoms with E-state index in [0.717, 1.165) is 15.7 Å². The minimum atomic E-state index is -0.791. The Hall–Kier alpha value is -1.50. The van der Waals surface area contributed by atoms with E-state index in [4.69, 9.17) is 11.6 Å². The van der Waals surface area contributed by atoms with Gasteiger partial charge >= 0.3 is 0 Å². The highest BCUT2D eigenvalue weighted by Crippen LogP contribution is 2.30. The average Bonchev–Trinajstić information content (AvgIpc) is 2.43. The number of hydrogen-bond acceptors (Lipinski definition) is 2. The molecule has 1 atom stereocenters. The molecule has 0 fully saturated rings. The Bertz CT molecular complexity index is 661. The summed E-state index contributed by atoms with van der Waals surface area (Å²) in [4.78, 5) is 0. The van der Waals surface area contributed by atoms with Crippen LogP contribution in [-0.4, -0.2) is 0 Å². The number of rotatable bonds is 3. The summed E-state index contributed by atoms with van der Waals surface area (Å²) in [6.07, 6.45) is 0. The van der Waals surface area contributed by atoms with Gasteiger partial charge in [-0.1, -0.05) is 41.4 Å². The molecule has 0 saturated carbocycles. The number of benzene rings is 2. The van der Waals surface area contributed by atoms with Crippen LogP contribution in [0.3, 0.4) is 0 Å². The minimum absolute atomic E-state index is 0.643. The SMILES string of the molecule is Cc1ccc(C(C)(C#N)Nc2ccc(Cl)c(Br)c2)cc1. The number of halogens is 2. The predicted octanol–water partition coefficient (Wildman–Crippen LogP) is 5.26. The molecule has 0 saturated heterocycles. The van der Waals surface area contributed by atoms with Gasteiger partial charge in [0.25, 0.3) is 0 Å². The van der Waals surface area contributed by atoms with E-state index in [1.807, 2.05) is 50.2 Å². The van der Waals surface area contributed by atoms with Crippen molar-refractivity contribution in [3.63, 3.8) is 0 Å². The Balaban J connectivity index is 2.34. The Morgan fingerprint density at radius 2 is 1.85 bits per heavy atom. The molecule has 0 aliphatic heterocycles. The van der Waals surface area contributed by atoms with Crippen LogP contribution in [0.1, 0.15) is 18.1 Å². The molecule has 0 heterocycles. The van der Waals surface area contributed by atoms with Crippen LogP contribution in [0.5, 0.6) is 0 Å².